The Balaban J connectivity index is 1.74. The van der Waals surface area contributed by atoms with Gasteiger partial charge in [0, 0.05) is 50.5 Å². The van der Waals surface area contributed by atoms with E-state index in [4.69, 9.17) is 4.74 Å². The predicted octanol–water partition coefficient (Wildman–Crippen LogP) is 3.68. The number of carbonyl (C=O) groups excluding carboxylic acids is 1. The Kier molecular flexibility index (Phi) is 5.13. The van der Waals surface area contributed by atoms with Crippen molar-refractivity contribution in [1.29, 1.82) is 0 Å². The first-order valence-corrected chi connectivity index (χ1v) is 10.6. The first-order valence-electron chi connectivity index (χ1n) is 10.6. The van der Waals surface area contributed by atoms with Gasteiger partial charge in [-0.25, -0.2) is 0 Å². The molecule has 1 unspecified atom stereocenters. The van der Waals surface area contributed by atoms with Crippen LogP contribution in [0.2, 0.25) is 0 Å². The highest BCUT2D eigenvalue weighted by Crippen LogP contribution is 2.45. The fourth-order valence-corrected chi connectivity index (χ4v) is 4.60. The number of ether oxygens (including phenoxy) is 1. The van der Waals surface area contributed by atoms with Crippen molar-refractivity contribution in [3.63, 3.8) is 0 Å². The number of fused-ring (bicyclic) bond motifs is 1. The maximum absolute atomic E-state index is 12.2. The van der Waals surface area contributed by atoms with Gasteiger partial charge in [0.25, 0.3) is 5.91 Å². The number of amides is 1. The average molecular weight is 384 g/mol. The molecular weight excluding hydrogens is 350 g/mol. The SMILES string of the molecule is CN1C(=O)COc2cc(N3CCNCC3)c(C3=CCC(C(C)(C)C)CC3)cc21. The Hall–Kier alpha value is -2.01. The lowest BCUT2D eigenvalue weighted by Gasteiger charge is -2.36. The van der Waals surface area contributed by atoms with E-state index in [1.165, 1.54) is 23.2 Å². The molecule has 0 bridgehead atoms. The molecule has 1 aromatic carbocycles. The number of carbonyl (C=O) groups is 1. The summed E-state index contributed by atoms with van der Waals surface area (Å²) in [5, 5.41) is 3.44. The fraction of sp³-hybridized carbons (Fsp3) is 0.609. The summed E-state index contributed by atoms with van der Waals surface area (Å²) in [7, 11) is 1.85. The topological polar surface area (TPSA) is 44.8 Å². The van der Waals surface area contributed by atoms with Gasteiger partial charge in [0.2, 0.25) is 0 Å². The molecule has 1 amide bonds. The van der Waals surface area contributed by atoms with E-state index in [1.54, 1.807) is 4.90 Å². The van der Waals surface area contributed by atoms with Gasteiger partial charge in [-0.15, -0.1) is 0 Å². The van der Waals surface area contributed by atoms with Crippen LogP contribution in [-0.2, 0) is 4.79 Å². The number of hydrogen-bond acceptors (Lipinski definition) is 4. The van der Waals surface area contributed by atoms with Crippen LogP contribution < -0.4 is 19.9 Å². The Morgan fingerprint density at radius 3 is 2.54 bits per heavy atom. The van der Waals surface area contributed by atoms with Crippen molar-refractivity contribution in [3.05, 3.63) is 23.8 Å². The number of anilines is 2. The number of benzene rings is 1. The molecule has 0 spiro atoms. The molecule has 1 N–H and O–H groups in total. The zero-order chi connectivity index (χ0) is 19.9. The van der Waals surface area contributed by atoms with E-state index in [9.17, 15) is 4.79 Å². The van der Waals surface area contributed by atoms with Crippen LogP contribution >= 0.6 is 0 Å². The van der Waals surface area contributed by atoms with Crippen LogP contribution in [0.5, 0.6) is 5.75 Å². The highest BCUT2D eigenvalue weighted by Gasteiger charge is 2.30. The van der Waals surface area contributed by atoms with Crippen LogP contribution in [-0.4, -0.2) is 45.7 Å². The molecule has 1 saturated heterocycles. The molecule has 28 heavy (non-hydrogen) atoms. The second kappa shape index (κ2) is 7.43. The van der Waals surface area contributed by atoms with E-state index in [0.717, 1.165) is 56.4 Å². The Labute approximate surface area is 168 Å². The first kappa shape index (κ1) is 19.3. The number of likely N-dealkylation sites (N-methyl/N-ethyl adjacent to an activating group) is 1. The quantitative estimate of drug-likeness (QED) is 0.846. The predicted molar refractivity (Wildman–Crippen MR) is 115 cm³/mol. The monoisotopic (exact) mass is 383 g/mol. The first-order chi connectivity index (χ1) is 13.3. The minimum Gasteiger partial charge on any atom is -0.481 e. The second-order valence-electron chi connectivity index (χ2n) is 9.38. The van der Waals surface area contributed by atoms with Crippen molar-refractivity contribution in [2.45, 2.75) is 40.0 Å². The van der Waals surface area contributed by atoms with E-state index in [1.807, 2.05) is 7.05 Å². The number of hydrogen-bond donors (Lipinski definition) is 1. The molecule has 5 heteroatoms. The van der Waals surface area contributed by atoms with Crippen LogP contribution in [0.1, 0.15) is 45.6 Å². The minimum atomic E-state index is 0.0128. The van der Waals surface area contributed by atoms with E-state index in [2.05, 4.69) is 49.2 Å². The van der Waals surface area contributed by atoms with Crippen molar-refractivity contribution < 1.29 is 9.53 Å². The summed E-state index contributed by atoms with van der Waals surface area (Å²) < 4.78 is 5.79. The van der Waals surface area contributed by atoms with Gasteiger partial charge in [-0.2, -0.15) is 0 Å². The van der Waals surface area contributed by atoms with Gasteiger partial charge < -0.3 is 19.9 Å². The van der Waals surface area contributed by atoms with Crippen LogP contribution in [0.25, 0.3) is 5.57 Å². The lowest BCUT2D eigenvalue weighted by Crippen LogP contribution is -2.44. The summed E-state index contributed by atoms with van der Waals surface area (Å²) in [5.74, 6) is 1.56. The molecule has 4 rings (SSSR count). The van der Waals surface area contributed by atoms with Crippen LogP contribution in [0.3, 0.4) is 0 Å². The molecule has 0 aromatic heterocycles. The van der Waals surface area contributed by atoms with Crippen molar-refractivity contribution in [1.82, 2.24) is 5.32 Å². The normalized spacial score (nSPS) is 23.2. The van der Waals surface area contributed by atoms with Gasteiger partial charge >= 0.3 is 0 Å². The molecular formula is C23H33N3O2. The molecule has 2 aliphatic heterocycles. The van der Waals surface area contributed by atoms with Gasteiger partial charge in [-0.05, 0) is 42.2 Å². The van der Waals surface area contributed by atoms with Crippen LogP contribution in [0, 0.1) is 11.3 Å². The molecule has 1 fully saturated rings. The zero-order valence-corrected chi connectivity index (χ0v) is 17.7. The second-order valence-corrected chi connectivity index (χ2v) is 9.38. The van der Waals surface area contributed by atoms with E-state index in [-0.39, 0.29) is 12.5 Å². The molecule has 1 aliphatic carbocycles. The van der Waals surface area contributed by atoms with Crippen molar-refractivity contribution in [2.24, 2.45) is 11.3 Å². The smallest absolute Gasteiger partial charge is 0.264 e. The highest BCUT2D eigenvalue weighted by molar-refractivity contribution is 5.99. The standard InChI is InChI=1S/C23H33N3O2/c1-23(2,3)17-7-5-16(6-8-17)18-13-20-21(28-15-22(27)25(20)4)14-19(18)26-11-9-24-10-12-26/h5,13-14,17,24H,6-12,15H2,1-4H3. The van der Waals surface area contributed by atoms with E-state index < -0.39 is 0 Å². The number of nitrogens with zero attached hydrogens (tertiary/aromatic N) is 2. The van der Waals surface area contributed by atoms with Crippen LogP contribution in [0.4, 0.5) is 11.4 Å². The minimum absolute atomic E-state index is 0.0128. The number of allylic oxidation sites excluding steroid dienone is 2. The summed E-state index contributed by atoms with van der Waals surface area (Å²) in [6.07, 6.45) is 5.89. The summed E-state index contributed by atoms with van der Waals surface area (Å²) in [5.41, 5.74) is 5.19. The number of piperazine rings is 1. The summed E-state index contributed by atoms with van der Waals surface area (Å²) in [6.45, 7) is 11.2. The largest absolute Gasteiger partial charge is 0.481 e. The molecule has 5 nitrogen and oxygen atoms in total. The van der Waals surface area contributed by atoms with Crippen molar-refractivity contribution >= 4 is 22.9 Å². The van der Waals surface area contributed by atoms with Gasteiger partial charge in [-0.1, -0.05) is 26.8 Å². The van der Waals surface area contributed by atoms with Gasteiger partial charge in [-0.3, -0.25) is 4.79 Å². The maximum atomic E-state index is 12.2. The van der Waals surface area contributed by atoms with E-state index >= 15 is 0 Å². The number of nitrogens with one attached hydrogen (secondary N) is 1. The third kappa shape index (κ3) is 3.64. The Morgan fingerprint density at radius 1 is 1.14 bits per heavy atom. The van der Waals surface area contributed by atoms with E-state index in [0.29, 0.717) is 5.41 Å². The maximum Gasteiger partial charge on any atom is 0.264 e. The van der Waals surface area contributed by atoms with Crippen molar-refractivity contribution in [3.8, 4) is 5.75 Å². The Bertz CT molecular complexity index is 788. The van der Waals surface area contributed by atoms with Gasteiger partial charge in [0.1, 0.15) is 5.75 Å². The molecule has 152 valence electrons. The highest BCUT2D eigenvalue weighted by atomic mass is 16.5. The van der Waals surface area contributed by atoms with Crippen LogP contribution in [0.15, 0.2) is 18.2 Å². The third-order valence-electron chi connectivity index (χ3n) is 6.60. The molecule has 1 aromatic rings. The summed E-state index contributed by atoms with van der Waals surface area (Å²) in [4.78, 5) is 16.4. The third-order valence-corrected chi connectivity index (χ3v) is 6.60. The van der Waals surface area contributed by atoms with Crippen molar-refractivity contribution in [2.75, 3.05) is 49.6 Å². The Morgan fingerprint density at radius 2 is 1.89 bits per heavy atom. The van der Waals surface area contributed by atoms with Gasteiger partial charge in [0.05, 0.1) is 5.69 Å². The fourth-order valence-electron chi connectivity index (χ4n) is 4.60. The average Bonchev–Trinajstić information content (AvgIpc) is 2.70. The molecule has 3 aliphatic rings. The number of rotatable bonds is 2. The van der Waals surface area contributed by atoms with Gasteiger partial charge in [0.15, 0.2) is 6.61 Å². The lowest BCUT2D eigenvalue weighted by atomic mass is 9.72. The summed E-state index contributed by atoms with van der Waals surface area (Å²) >= 11 is 0. The molecule has 2 heterocycles. The zero-order valence-electron chi connectivity index (χ0n) is 17.7. The molecule has 0 radical (unpaired) electrons. The molecule has 1 atom stereocenters. The molecule has 0 saturated carbocycles. The summed E-state index contributed by atoms with van der Waals surface area (Å²) in [6, 6.07) is 4.35. The lowest BCUT2D eigenvalue weighted by molar-refractivity contribution is -0.120.